The van der Waals surface area contributed by atoms with Crippen molar-refractivity contribution in [3.8, 4) is 11.8 Å². The van der Waals surface area contributed by atoms with Gasteiger partial charge in [0.15, 0.2) is 5.78 Å². The molecule has 0 aliphatic rings. The van der Waals surface area contributed by atoms with Gasteiger partial charge in [-0.3, -0.25) is 4.79 Å². The number of hydrogen-bond donors (Lipinski definition) is 0. The number of carbonyl (C=O) groups is 1. The molecule has 0 fully saturated rings. The molecule has 0 aliphatic carbocycles. The number of nitrogens with zero attached hydrogens (tertiary/aromatic N) is 1. The number of aryl methyl sites for hydroxylation is 1. The van der Waals surface area contributed by atoms with E-state index in [1.54, 1.807) is 31.4 Å². The lowest BCUT2D eigenvalue weighted by Gasteiger charge is -2.11. The SMILES string of the molecule is COc1ccc(C(=O)C(C#N)c2ccccc2C)cc1. The summed E-state index contributed by atoms with van der Waals surface area (Å²) in [5, 5.41) is 9.34. The molecule has 0 saturated heterocycles. The highest BCUT2D eigenvalue weighted by atomic mass is 16.5. The van der Waals surface area contributed by atoms with Crippen LogP contribution < -0.4 is 4.74 Å². The number of ketones is 1. The summed E-state index contributed by atoms with van der Waals surface area (Å²) in [5.74, 6) is -0.278. The predicted octanol–water partition coefficient (Wildman–Crippen LogP) is 3.49. The lowest BCUT2D eigenvalue weighted by molar-refractivity contribution is 0.0978. The van der Waals surface area contributed by atoms with Crippen molar-refractivity contribution in [1.29, 1.82) is 5.26 Å². The summed E-state index contributed by atoms with van der Waals surface area (Å²) in [6, 6.07) is 16.4. The van der Waals surface area contributed by atoms with Gasteiger partial charge in [0, 0.05) is 5.56 Å². The molecule has 0 heterocycles. The Morgan fingerprint density at radius 1 is 1.15 bits per heavy atom. The van der Waals surface area contributed by atoms with Crippen molar-refractivity contribution < 1.29 is 9.53 Å². The number of methoxy groups -OCH3 is 1. The zero-order valence-electron chi connectivity index (χ0n) is 11.5. The van der Waals surface area contributed by atoms with Crippen LogP contribution in [0, 0.1) is 18.3 Å². The summed E-state index contributed by atoms with van der Waals surface area (Å²) in [4.78, 5) is 12.5. The number of Topliss-reactive ketones (excluding diaryl/α,β-unsaturated/α-hetero) is 1. The number of rotatable bonds is 4. The van der Waals surface area contributed by atoms with Crippen LogP contribution in [0.3, 0.4) is 0 Å². The number of nitriles is 1. The Balaban J connectivity index is 2.35. The third-order valence-electron chi connectivity index (χ3n) is 3.27. The van der Waals surface area contributed by atoms with E-state index in [2.05, 4.69) is 6.07 Å². The molecule has 0 radical (unpaired) electrons. The highest BCUT2D eigenvalue weighted by Crippen LogP contribution is 2.24. The van der Waals surface area contributed by atoms with Gasteiger partial charge < -0.3 is 4.74 Å². The molecule has 2 aromatic rings. The standard InChI is InChI=1S/C17H15NO2/c1-12-5-3-4-6-15(12)16(11-18)17(19)13-7-9-14(20-2)10-8-13/h3-10,16H,1-2H3. The maximum Gasteiger partial charge on any atom is 0.184 e. The molecule has 0 spiro atoms. The maximum atomic E-state index is 12.5. The Labute approximate surface area is 118 Å². The van der Waals surface area contributed by atoms with Crippen molar-refractivity contribution in [3.05, 3.63) is 65.2 Å². The second-order valence-electron chi connectivity index (χ2n) is 4.51. The topological polar surface area (TPSA) is 50.1 Å². The molecule has 3 nitrogen and oxygen atoms in total. The third-order valence-corrected chi connectivity index (χ3v) is 3.27. The van der Waals surface area contributed by atoms with Crippen molar-refractivity contribution >= 4 is 5.78 Å². The summed E-state index contributed by atoms with van der Waals surface area (Å²) in [6.07, 6.45) is 0. The first-order chi connectivity index (χ1) is 9.67. The van der Waals surface area contributed by atoms with Gasteiger partial charge in [-0.15, -0.1) is 0 Å². The van der Waals surface area contributed by atoms with Crippen molar-refractivity contribution in [3.63, 3.8) is 0 Å². The first kappa shape index (κ1) is 13.8. The van der Waals surface area contributed by atoms with E-state index >= 15 is 0 Å². The molecule has 0 amide bonds. The van der Waals surface area contributed by atoms with E-state index in [0.29, 0.717) is 11.3 Å². The molecule has 100 valence electrons. The van der Waals surface area contributed by atoms with Crippen LogP contribution in [0.5, 0.6) is 5.75 Å². The fourth-order valence-electron chi connectivity index (χ4n) is 2.10. The number of hydrogen-bond acceptors (Lipinski definition) is 3. The van der Waals surface area contributed by atoms with Gasteiger partial charge in [-0.05, 0) is 42.3 Å². The van der Waals surface area contributed by atoms with Crippen LogP contribution >= 0.6 is 0 Å². The van der Waals surface area contributed by atoms with Crippen molar-refractivity contribution in [1.82, 2.24) is 0 Å². The number of benzene rings is 2. The molecule has 1 atom stereocenters. The first-order valence-electron chi connectivity index (χ1n) is 6.30. The second kappa shape index (κ2) is 6.03. The molecule has 0 saturated carbocycles. The van der Waals surface area contributed by atoms with Crippen LogP contribution in [0.4, 0.5) is 0 Å². The summed E-state index contributed by atoms with van der Waals surface area (Å²) in [5.41, 5.74) is 2.22. The summed E-state index contributed by atoms with van der Waals surface area (Å²) < 4.78 is 5.06. The average Bonchev–Trinajstić information content (AvgIpc) is 2.50. The molecule has 2 rings (SSSR count). The molecular formula is C17H15NO2. The average molecular weight is 265 g/mol. The fourth-order valence-corrected chi connectivity index (χ4v) is 2.10. The molecule has 1 unspecified atom stereocenters. The van der Waals surface area contributed by atoms with Gasteiger partial charge in [-0.1, -0.05) is 24.3 Å². The highest BCUT2D eigenvalue weighted by molar-refractivity contribution is 6.03. The Morgan fingerprint density at radius 3 is 2.35 bits per heavy atom. The van der Waals surface area contributed by atoms with Crippen LogP contribution in [0.15, 0.2) is 48.5 Å². The summed E-state index contributed by atoms with van der Waals surface area (Å²) >= 11 is 0. The summed E-state index contributed by atoms with van der Waals surface area (Å²) in [7, 11) is 1.57. The monoisotopic (exact) mass is 265 g/mol. The van der Waals surface area contributed by atoms with E-state index in [1.807, 2.05) is 31.2 Å². The van der Waals surface area contributed by atoms with Crippen molar-refractivity contribution in [2.45, 2.75) is 12.8 Å². The predicted molar refractivity (Wildman–Crippen MR) is 76.9 cm³/mol. The van der Waals surface area contributed by atoms with Gasteiger partial charge in [0.2, 0.25) is 0 Å². The molecule has 3 heteroatoms. The Hall–Kier alpha value is -2.60. The minimum atomic E-state index is -0.774. The lowest BCUT2D eigenvalue weighted by atomic mass is 9.89. The van der Waals surface area contributed by atoms with Crippen molar-refractivity contribution in [2.75, 3.05) is 7.11 Å². The van der Waals surface area contributed by atoms with Crippen LogP contribution in [0.2, 0.25) is 0 Å². The van der Waals surface area contributed by atoms with Gasteiger partial charge in [0.25, 0.3) is 0 Å². The van der Waals surface area contributed by atoms with Crippen LogP contribution in [0.25, 0.3) is 0 Å². The molecule has 20 heavy (non-hydrogen) atoms. The number of ether oxygens (including phenoxy) is 1. The lowest BCUT2D eigenvalue weighted by Crippen LogP contribution is -2.12. The normalized spacial score (nSPS) is 11.4. The quantitative estimate of drug-likeness (QED) is 0.795. The second-order valence-corrected chi connectivity index (χ2v) is 4.51. The Kier molecular flexibility index (Phi) is 4.17. The molecule has 0 aliphatic heterocycles. The Morgan fingerprint density at radius 2 is 1.80 bits per heavy atom. The number of carbonyl (C=O) groups excluding carboxylic acids is 1. The fraction of sp³-hybridized carbons (Fsp3) is 0.176. The van der Waals surface area contributed by atoms with Crippen LogP contribution in [-0.2, 0) is 0 Å². The van der Waals surface area contributed by atoms with Crippen LogP contribution in [-0.4, -0.2) is 12.9 Å². The Bertz CT molecular complexity index is 653. The first-order valence-corrected chi connectivity index (χ1v) is 6.30. The van der Waals surface area contributed by atoms with Gasteiger partial charge in [-0.25, -0.2) is 0 Å². The minimum Gasteiger partial charge on any atom is -0.497 e. The maximum absolute atomic E-state index is 12.5. The zero-order valence-corrected chi connectivity index (χ0v) is 11.5. The third kappa shape index (κ3) is 2.70. The van der Waals surface area contributed by atoms with E-state index < -0.39 is 5.92 Å². The molecular weight excluding hydrogens is 250 g/mol. The zero-order chi connectivity index (χ0) is 14.5. The smallest absolute Gasteiger partial charge is 0.184 e. The van der Waals surface area contributed by atoms with E-state index in [0.717, 1.165) is 11.1 Å². The molecule has 0 bridgehead atoms. The minimum absolute atomic E-state index is 0.190. The van der Waals surface area contributed by atoms with Crippen molar-refractivity contribution in [2.24, 2.45) is 0 Å². The molecule has 0 N–H and O–H groups in total. The molecule has 0 aromatic heterocycles. The van der Waals surface area contributed by atoms with E-state index in [4.69, 9.17) is 4.74 Å². The van der Waals surface area contributed by atoms with Crippen LogP contribution in [0.1, 0.15) is 27.4 Å². The van der Waals surface area contributed by atoms with E-state index in [1.165, 1.54) is 0 Å². The summed E-state index contributed by atoms with van der Waals surface area (Å²) in [6.45, 7) is 1.90. The molecule has 2 aromatic carbocycles. The largest absolute Gasteiger partial charge is 0.497 e. The highest BCUT2D eigenvalue weighted by Gasteiger charge is 2.22. The van der Waals surface area contributed by atoms with Gasteiger partial charge in [0.05, 0.1) is 13.2 Å². The van der Waals surface area contributed by atoms with Gasteiger partial charge in [0.1, 0.15) is 11.7 Å². The van der Waals surface area contributed by atoms with Gasteiger partial charge >= 0.3 is 0 Å². The van der Waals surface area contributed by atoms with E-state index in [-0.39, 0.29) is 5.78 Å². The van der Waals surface area contributed by atoms with E-state index in [9.17, 15) is 10.1 Å². The van der Waals surface area contributed by atoms with Gasteiger partial charge in [-0.2, -0.15) is 5.26 Å².